The van der Waals surface area contributed by atoms with E-state index in [-0.39, 0.29) is 0 Å². The molecule has 0 atom stereocenters. The van der Waals surface area contributed by atoms with E-state index in [1.807, 2.05) is 13.0 Å². The topological polar surface area (TPSA) is 12.9 Å². The van der Waals surface area contributed by atoms with Crippen LogP contribution in [-0.2, 0) is 0 Å². The number of fused-ring (bicyclic) bond motifs is 1. The van der Waals surface area contributed by atoms with Gasteiger partial charge in [0.15, 0.2) is 0 Å². The zero-order valence-corrected chi connectivity index (χ0v) is 8.17. The summed E-state index contributed by atoms with van der Waals surface area (Å²) in [5.74, 6) is 0. The minimum absolute atomic E-state index is 0.495. The molecule has 2 aromatic rings. The number of aromatic nitrogens is 1. The Morgan fingerprint density at radius 3 is 2.80 bits per heavy atom. The lowest BCUT2D eigenvalue weighted by atomic mass is 10.1. The number of aryl methyl sites for hydroxylation is 1. The molecule has 3 heteroatoms. The van der Waals surface area contributed by atoms with Gasteiger partial charge in [0, 0.05) is 17.7 Å². The Balaban J connectivity index is 2.59. The Labute approximate surface area is 86.1 Å². The lowest BCUT2D eigenvalue weighted by Crippen LogP contribution is -1.82. The highest BCUT2D eigenvalue weighted by Crippen LogP contribution is 2.17. The average molecular weight is 205 g/mol. The van der Waals surface area contributed by atoms with Crippen molar-refractivity contribution in [1.29, 1.82) is 0 Å². The Morgan fingerprint density at radius 1 is 1.27 bits per heavy atom. The van der Waals surface area contributed by atoms with Crippen LogP contribution in [-0.4, -0.2) is 4.98 Å². The van der Waals surface area contributed by atoms with Crippen LogP contribution in [0.4, 0.5) is 8.78 Å². The largest absolute Gasteiger partial charge is 0.270 e. The number of rotatable bonds is 1. The fourth-order valence-corrected chi connectivity index (χ4v) is 1.48. The maximum absolute atomic E-state index is 12.0. The first-order valence-electron chi connectivity index (χ1n) is 4.54. The van der Waals surface area contributed by atoms with E-state index in [1.165, 1.54) is 0 Å². The minimum atomic E-state index is -1.69. The zero-order chi connectivity index (χ0) is 10.8. The van der Waals surface area contributed by atoms with E-state index < -0.39 is 6.08 Å². The molecule has 0 radical (unpaired) electrons. The van der Waals surface area contributed by atoms with Crippen molar-refractivity contribution in [3.63, 3.8) is 0 Å². The number of benzene rings is 1. The normalized spacial score (nSPS) is 10.3. The molecule has 1 heterocycles. The first-order valence-corrected chi connectivity index (χ1v) is 4.54. The second-order valence-electron chi connectivity index (χ2n) is 3.40. The Morgan fingerprint density at radius 2 is 2.07 bits per heavy atom. The zero-order valence-electron chi connectivity index (χ0n) is 8.17. The summed E-state index contributed by atoms with van der Waals surface area (Å²) in [6.07, 6.45) is 0.921. The molecule has 0 aliphatic rings. The molecule has 0 amide bonds. The summed E-state index contributed by atoms with van der Waals surface area (Å²) in [6, 6.07) is 7.00. The summed E-state index contributed by atoms with van der Waals surface area (Å²) in [5.41, 5.74) is 2.33. The van der Waals surface area contributed by atoms with Crippen molar-refractivity contribution in [3.05, 3.63) is 47.7 Å². The molecular weight excluding hydrogens is 196 g/mol. The van der Waals surface area contributed by atoms with Crippen LogP contribution in [0.25, 0.3) is 17.0 Å². The van der Waals surface area contributed by atoms with Gasteiger partial charge in [0.25, 0.3) is 6.08 Å². The van der Waals surface area contributed by atoms with Crippen molar-refractivity contribution in [3.8, 4) is 0 Å². The maximum atomic E-state index is 12.0. The summed E-state index contributed by atoms with van der Waals surface area (Å²) in [6.45, 7) is 1.92. The van der Waals surface area contributed by atoms with Crippen LogP contribution >= 0.6 is 0 Å². The van der Waals surface area contributed by atoms with E-state index in [9.17, 15) is 8.78 Å². The molecule has 0 saturated carbocycles. The molecule has 15 heavy (non-hydrogen) atoms. The minimum Gasteiger partial charge on any atom is -0.256 e. The van der Waals surface area contributed by atoms with Gasteiger partial charge in [0.05, 0.1) is 5.52 Å². The summed E-state index contributed by atoms with van der Waals surface area (Å²) < 4.78 is 24.1. The molecule has 0 spiro atoms. The van der Waals surface area contributed by atoms with Crippen LogP contribution in [0.1, 0.15) is 11.1 Å². The van der Waals surface area contributed by atoms with E-state index in [0.29, 0.717) is 5.56 Å². The van der Waals surface area contributed by atoms with Crippen LogP contribution in [0.2, 0.25) is 0 Å². The summed E-state index contributed by atoms with van der Waals surface area (Å²) >= 11 is 0. The predicted octanol–water partition coefficient (Wildman–Crippen LogP) is 3.78. The molecule has 0 aliphatic heterocycles. The highest BCUT2D eigenvalue weighted by atomic mass is 19.3. The Bertz CT molecular complexity index is 528. The molecule has 0 saturated heterocycles. The molecule has 0 aliphatic carbocycles. The van der Waals surface area contributed by atoms with Crippen molar-refractivity contribution in [2.24, 2.45) is 0 Å². The molecule has 0 fully saturated rings. The maximum Gasteiger partial charge on any atom is 0.270 e. The number of nitrogens with zero attached hydrogens (tertiary/aromatic N) is 1. The molecule has 1 nitrogen and oxygen atoms in total. The van der Waals surface area contributed by atoms with Gasteiger partial charge in [-0.1, -0.05) is 6.07 Å². The van der Waals surface area contributed by atoms with Gasteiger partial charge < -0.3 is 0 Å². The summed E-state index contributed by atoms with van der Waals surface area (Å²) in [7, 11) is 0. The third-order valence-electron chi connectivity index (χ3n) is 2.12. The smallest absolute Gasteiger partial charge is 0.256 e. The van der Waals surface area contributed by atoms with Gasteiger partial charge in [-0.05, 0) is 36.2 Å². The highest BCUT2D eigenvalue weighted by Gasteiger charge is 1.98. The molecule has 2 rings (SSSR count). The standard InChI is InChI=1S/C12H9F2N/c1-8-4-10-5-9(6-12(13)14)2-3-11(10)15-7-8/h2-7H,1H3. The van der Waals surface area contributed by atoms with Crippen molar-refractivity contribution in [1.82, 2.24) is 4.98 Å². The van der Waals surface area contributed by atoms with E-state index in [4.69, 9.17) is 0 Å². The second kappa shape index (κ2) is 3.77. The van der Waals surface area contributed by atoms with Crippen LogP contribution in [0.3, 0.4) is 0 Å². The third-order valence-corrected chi connectivity index (χ3v) is 2.12. The van der Waals surface area contributed by atoms with Crippen LogP contribution in [0.5, 0.6) is 0 Å². The fourth-order valence-electron chi connectivity index (χ4n) is 1.48. The fraction of sp³-hybridized carbons (Fsp3) is 0.0833. The van der Waals surface area contributed by atoms with E-state index in [2.05, 4.69) is 4.98 Å². The van der Waals surface area contributed by atoms with Crippen molar-refractivity contribution in [2.45, 2.75) is 6.92 Å². The molecule has 0 bridgehead atoms. The number of halogens is 2. The monoisotopic (exact) mass is 205 g/mol. The molecule has 0 N–H and O–H groups in total. The number of hydrogen-bond donors (Lipinski definition) is 0. The third kappa shape index (κ3) is 2.18. The molecule has 1 aromatic heterocycles. The lowest BCUT2D eigenvalue weighted by Gasteiger charge is -1.99. The van der Waals surface area contributed by atoms with Gasteiger partial charge in [-0.2, -0.15) is 8.78 Å². The van der Waals surface area contributed by atoms with Crippen molar-refractivity contribution in [2.75, 3.05) is 0 Å². The van der Waals surface area contributed by atoms with E-state index in [1.54, 1.807) is 24.4 Å². The summed E-state index contributed by atoms with van der Waals surface area (Å²) in [5, 5.41) is 0.880. The van der Waals surface area contributed by atoms with Crippen molar-refractivity contribution < 1.29 is 8.78 Å². The van der Waals surface area contributed by atoms with Crippen LogP contribution < -0.4 is 0 Å². The quantitative estimate of drug-likeness (QED) is 0.690. The Kier molecular flexibility index (Phi) is 2.46. The predicted molar refractivity (Wildman–Crippen MR) is 56.7 cm³/mol. The lowest BCUT2D eigenvalue weighted by molar-refractivity contribution is 0.429. The first-order chi connectivity index (χ1) is 7.15. The Hall–Kier alpha value is -1.77. The first kappa shape index (κ1) is 9.77. The second-order valence-corrected chi connectivity index (χ2v) is 3.40. The molecule has 76 valence electrons. The highest BCUT2D eigenvalue weighted by molar-refractivity contribution is 5.81. The van der Waals surface area contributed by atoms with E-state index in [0.717, 1.165) is 22.5 Å². The molecule has 0 unspecified atom stereocenters. The van der Waals surface area contributed by atoms with Crippen molar-refractivity contribution >= 4 is 17.0 Å². The average Bonchev–Trinajstić information content (AvgIpc) is 2.16. The molecular formula is C12H9F2N. The van der Waals surface area contributed by atoms with Gasteiger partial charge in [-0.15, -0.1) is 0 Å². The van der Waals surface area contributed by atoms with Gasteiger partial charge in [0.2, 0.25) is 0 Å². The van der Waals surface area contributed by atoms with Gasteiger partial charge in [-0.3, -0.25) is 4.98 Å². The van der Waals surface area contributed by atoms with Gasteiger partial charge >= 0.3 is 0 Å². The number of hydrogen-bond acceptors (Lipinski definition) is 1. The van der Waals surface area contributed by atoms with Gasteiger partial charge in [0.1, 0.15) is 0 Å². The number of pyridine rings is 1. The van der Waals surface area contributed by atoms with Crippen LogP contribution in [0, 0.1) is 6.92 Å². The van der Waals surface area contributed by atoms with Crippen LogP contribution in [0.15, 0.2) is 36.5 Å². The van der Waals surface area contributed by atoms with Gasteiger partial charge in [-0.25, -0.2) is 0 Å². The summed E-state index contributed by atoms with van der Waals surface area (Å²) in [4.78, 5) is 4.19. The SMILES string of the molecule is Cc1cnc2ccc(C=C(F)F)cc2c1. The van der Waals surface area contributed by atoms with E-state index >= 15 is 0 Å². The molecule has 1 aromatic carbocycles.